The first-order valence-corrected chi connectivity index (χ1v) is 14.8. The van der Waals surface area contributed by atoms with Crippen LogP contribution in [0.15, 0.2) is 12.3 Å². The molecule has 0 N–H and O–H groups in total. The second-order valence-corrected chi connectivity index (χ2v) is 25.3. The highest BCUT2D eigenvalue weighted by molar-refractivity contribution is 9.51. The Morgan fingerprint density at radius 1 is 1.17 bits per heavy atom. The summed E-state index contributed by atoms with van der Waals surface area (Å²) in [6, 6.07) is 2.69. The van der Waals surface area contributed by atoms with E-state index in [0.29, 0.717) is 0 Å². The van der Waals surface area contributed by atoms with E-state index in [9.17, 15) is 0 Å². The lowest BCUT2D eigenvalue weighted by molar-refractivity contribution is 1.04. The Morgan fingerprint density at radius 2 is 1.67 bits per heavy atom. The van der Waals surface area contributed by atoms with E-state index in [2.05, 4.69) is 62.5 Å². The van der Waals surface area contributed by atoms with Crippen LogP contribution in [0.1, 0.15) is 6.42 Å². The fraction of sp³-hybridized carbons (Fsp3) is 0.750. The van der Waals surface area contributed by atoms with Gasteiger partial charge < -0.3 is 0 Å². The highest BCUT2D eigenvalue weighted by Gasteiger charge is 2.21. The van der Waals surface area contributed by atoms with Crippen molar-refractivity contribution >= 4 is 44.0 Å². The molecule has 0 atom stereocenters. The Hall–Kier alpha value is 1.13. The van der Waals surface area contributed by atoms with Gasteiger partial charge in [0.2, 0.25) is 0 Å². The topological polar surface area (TPSA) is 0 Å². The molecule has 0 unspecified atom stereocenters. The van der Waals surface area contributed by atoms with Gasteiger partial charge in [0.1, 0.15) is 0 Å². The van der Waals surface area contributed by atoms with Crippen LogP contribution in [0.4, 0.5) is 0 Å². The summed E-state index contributed by atoms with van der Waals surface area (Å²) in [6.45, 7) is 10.9. The van der Waals surface area contributed by atoms with E-state index in [4.69, 9.17) is 0 Å². The van der Waals surface area contributed by atoms with Gasteiger partial charge in [-0.15, -0.1) is 42.9 Å². The molecule has 4 heteroatoms. The molecule has 0 bridgehead atoms. The van der Waals surface area contributed by atoms with E-state index in [1.54, 1.807) is 0 Å². The second-order valence-electron chi connectivity index (χ2n) is 4.12. The molecule has 0 spiro atoms. The monoisotopic (exact) mass is 328 g/mol. The molecule has 0 saturated carbocycles. The largest absolute Gasteiger partial charge is 0.198 e. The molecule has 0 aliphatic rings. The molecular formula is C8H18Br2Si2. The molecule has 0 aliphatic heterocycles. The molecular weight excluding hydrogens is 312 g/mol. The molecule has 0 fully saturated rings. The lowest BCUT2D eigenvalue weighted by Crippen LogP contribution is -2.22. The maximum absolute atomic E-state index is 3.90. The lowest BCUT2D eigenvalue weighted by Gasteiger charge is -2.18. The van der Waals surface area contributed by atoms with Crippen LogP contribution in [0.3, 0.4) is 0 Å². The molecule has 0 radical (unpaired) electrons. The summed E-state index contributed by atoms with van der Waals surface area (Å²) in [4.78, 5) is 0. The molecule has 72 valence electrons. The summed E-state index contributed by atoms with van der Waals surface area (Å²) >= 11 is 7.43. The second kappa shape index (κ2) is 5.12. The smallest absolute Gasteiger partial charge is 0.111 e. The molecule has 0 rings (SSSR count). The standard InChI is InChI=1S/C8H18Br2Si2/c1-5-11(2,3)7-6-8-12(4,9)10/h5H,1,6-8H2,2-4H3. The Morgan fingerprint density at radius 3 is 2.00 bits per heavy atom. The molecule has 0 amide bonds. The zero-order valence-corrected chi connectivity index (χ0v) is 13.3. The van der Waals surface area contributed by atoms with Crippen molar-refractivity contribution in [1.82, 2.24) is 0 Å². The summed E-state index contributed by atoms with van der Waals surface area (Å²) in [5, 5.41) is -1.16. The van der Waals surface area contributed by atoms with Gasteiger partial charge >= 0.3 is 0 Å². The van der Waals surface area contributed by atoms with Crippen molar-refractivity contribution in [3.63, 3.8) is 0 Å². The van der Waals surface area contributed by atoms with Crippen molar-refractivity contribution in [2.45, 2.75) is 38.2 Å². The summed E-state index contributed by atoms with van der Waals surface area (Å²) in [7, 11) is -1.03. The first-order valence-electron chi connectivity index (χ1n) is 4.28. The number of halogens is 2. The van der Waals surface area contributed by atoms with Crippen LogP contribution in [-0.2, 0) is 0 Å². The average Bonchev–Trinajstić information content (AvgIpc) is 1.84. The van der Waals surface area contributed by atoms with E-state index in [1.165, 1.54) is 18.5 Å². The van der Waals surface area contributed by atoms with Crippen LogP contribution in [0, 0.1) is 0 Å². The first kappa shape index (κ1) is 13.1. The quantitative estimate of drug-likeness (QED) is 0.507. The Labute approximate surface area is 94.0 Å². The summed E-state index contributed by atoms with van der Waals surface area (Å²) in [6.07, 6.45) is 1.34. The van der Waals surface area contributed by atoms with Crippen LogP contribution >= 0.6 is 30.6 Å². The van der Waals surface area contributed by atoms with Gasteiger partial charge in [-0.25, -0.2) is 0 Å². The molecule has 0 heterocycles. The van der Waals surface area contributed by atoms with Gasteiger partial charge in [-0.3, -0.25) is 0 Å². The van der Waals surface area contributed by atoms with E-state index in [1.807, 2.05) is 0 Å². The van der Waals surface area contributed by atoms with Crippen LogP contribution in [-0.4, -0.2) is 13.4 Å². The molecule has 0 aromatic carbocycles. The van der Waals surface area contributed by atoms with Gasteiger partial charge in [0.15, 0.2) is 5.31 Å². The fourth-order valence-electron chi connectivity index (χ4n) is 0.956. The average molecular weight is 330 g/mol. The minimum Gasteiger partial charge on any atom is -0.111 e. The Balaban J connectivity index is 3.64. The number of rotatable bonds is 5. The van der Waals surface area contributed by atoms with Crippen molar-refractivity contribution in [1.29, 1.82) is 0 Å². The maximum atomic E-state index is 3.90. The summed E-state index contributed by atoms with van der Waals surface area (Å²) in [5.41, 5.74) is 2.19. The zero-order chi connectivity index (χ0) is 9.83. The van der Waals surface area contributed by atoms with Gasteiger partial charge in [0, 0.05) is 0 Å². The highest BCUT2D eigenvalue weighted by atomic mass is 79.9. The lowest BCUT2D eigenvalue weighted by atomic mass is 10.6. The predicted octanol–water partition coefficient (Wildman–Crippen LogP) is 4.67. The van der Waals surface area contributed by atoms with E-state index in [-0.39, 0.29) is 0 Å². The zero-order valence-electron chi connectivity index (χ0n) is 8.16. The highest BCUT2D eigenvalue weighted by Crippen LogP contribution is 2.28. The van der Waals surface area contributed by atoms with Gasteiger partial charge in [0.05, 0.1) is 8.07 Å². The first-order chi connectivity index (χ1) is 5.27. The van der Waals surface area contributed by atoms with Crippen molar-refractivity contribution in [3.8, 4) is 0 Å². The summed E-state index contributed by atoms with van der Waals surface area (Å²) < 4.78 is 0. The third kappa shape index (κ3) is 7.77. The Kier molecular flexibility index (Phi) is 5.61. The van der Waals surface area contributed by atoms with E-state index in [0.717, 1.165) is 0 Å². The molecule has 0 aliphatic carbocycles. The van der Waals surface area contributed by atoms with Crippen LogP contribution in [0.25, 0.3) is 0 Å². The van der Waals surface area contributed by atoms with Crippen LogP contribution in [0.5, 0.6) is 0 Å². The number of hydrogen-bond donors (Lipinski definition) is 0. The molecule has 0 aromatic heterocycles. The molecule has 0 saturated heterocycles. The number of hydrogen-bond acceptors (Lipinski definition) is 0. The van der Waals surface area contributed by atoms with E-state index < -0.39 is 13.4 Å². The van der Waals surface area contributed by atoms with Gasteiger partial charge in [-0.05, 0) is 6.04 Å². The van der Waals surface area contributed by atoms with Crippen molar-refractivity contribution in [2.24, 2.45) is 0 Å². The minimum absolute atomic E-state index is 1.03. The van der Waals surface area contributed by atoms with E-state index >= 15 is 0 Å². The van der Waals surface area contributed by atoms with Gasteiger partial charge in [-0.1, -0.05) is 32.1 Å². The van der Waals surface area contributed by atoms with Crippen LogP contribution in [0.2, 0.25) is 31.7 Å². The molecule has 0 aromatic rings. The van der Waals surface area contributed by atoms with Crippen molar-refractivity contribution in [3.05, 3.63) is 12.3 Å². The summed E-state index contributed by atoms with van der Waals surface area (Å²) in [5.74, 6) is 0. The SMILES string of the molecule is C=C[Si](C)(C)CCC[Si](C)(Br)Br. The molecule has 12 heavy (non-hydrogen) atoms. The van der Waals surface area contributed by atoms with Gasteiger partial charge in [0.25, 0.3) is 0 Å². The van der Waals surface area contributed by atoms with Crippen molar-refractivity contribution in [2.75, 3.05) is 0 Å². The predicted molar refractivity (Wildman–Crippen MR) is 71.4 cm³/mol. The third-order valence-corrected chi connectivity index (χ3v) is 8.35. The minimum atomic E-state index is -1.16. The van der Waals surface area contributed by atoms with Crippen molar-refractivity contribution < 1.29 is 0 Å². The normalized spacial score (nSPS) is 13.1. The Bertz CT molecular complexity index is 150. The fourth-order valence-corrected chi connectivity index (χ4v) is 5.08. The van der Waals surface area contributed by atoms with Gasteiger partial charge in [-0.2, -0.15) is 0 Å². The molecule has 0 nitrogen and oxygen atoms in total. The maximum Gasteiger partial charge on any atom is 0.198 e. The third-order valence-electron chi connectivity index (χ3n) is 1.99. The van der Waals surface area contributed by atoms with Crippen LogP contribution < -0.4 is 0 Å².